The average molecular weight is 332 g/mol. The molecule has 0 aromatic heterocycles. The van der Waals surface area contributed by atoms with Crippen LogP contribution in [0.5, 0.6) is 0 Å². The molecule has 0 aliphatic carbocycles. The fraction of sp³-hybridized carbons (Fsp3) is 0.235. The van der Waals surface area contributed by atoms with Gasteiger partial charge in [0.25, 0.3) is 5.91 Å². The molecule has 1 unspecified atom stereocenters. The van der Waals surface area contributed by atoms with E-state index in [2.05, 4.69) is 34.2 Å². The van der Waals surface area contributed by atoms with Crippen molar-refractivity contribution in [3.8, 4) is 0 Å². The highest BCUT2D eigenvalue weighted by molar-refractivity contribution is 9.08. The van der Waals surface area contributed by atoms with Crippen LogP contribution in [0.1, 0.15) is 40.0 Å². The van der Waals surface area contributed by atoms with Crippen LogP contribution in [0.2, 0.25) is 0 Å². The van der Waals surface area contributed by atoms with Gasteiger partial charge >= 0.3 is 0 Å². The van der Waals surface area contributed by atoms with Gasteiger partial charge in [-0.15, -0.1) is 0 Å². The van der Waals surface area contributed by atoms with Crippen molar-refractivity contribution in [2.24, 2.45) is 0 Å². The molecule has 2 aromatic carbocycles. The van der Waals surface area contributed by atoms with Gasteiger partial charge in [-0.1, -0.05) is 52.3 Å². The van der Waals surface area contributed by atoms with Crippen LogP contribution >= 0.6 is 15.9 Å². The van der Waals surface area contributed by atoms with E-state index in [1.807, 2.05) is 49.4 Å². The van der Waals surface area contributed by atoms with Crippen LogP contribution in [0.4, 0.5) is 0 Å². The maximum absolute atomic E-state index is 12.2. The number of carbonyl (C=O) groups excluding carboxylic acids is 1. The summed E-state index contributed by atoms with van der Waals surface area (Å²) in [6.07, 6.45) is 0. The van der Waals surface area contributed by atoms with Crippen molar-refractivity contribution in [1.29, 1.82) is 0 Å². The van der Waals surface area contributed by atoms with Crippen molar-refractivity contribution in [1.82, 2.24) is 5.32 Å². The smallest absolute Gasteiger partial charge is 0.251 e. The molecule has 104 valence electrons. The highest BCUT2D eigenvalue weighted by atomic mass is 79.9. The summed E-state index contributed by atoms with van der Waals surface area (Å²) < 4.78 is 0. The number of nitrogens with one attached hydrogen (secondary N) is 1. The number of benzene rings is 2. The lowest BCUT2D eigenvalue weighted by Gasteiger charge is -2.16. The molecule has 1 atom stereocenters. The molecule has 0 aliphatic rings. The number of carbonyl (C=O) groups is 1. The molecule has 2 aromatic rings. The van der Waals surface area contributed by atoms with E-state index in [0.29, 0.717) is 5.56 Å². The largest absolute Gasteiger partial charge is 0.346 e. The Balaban J connectivity index is 2.09. The monoisotopic (exact) mass is 331 g/mol. The van der Waals surface area contributed by atoms with E-state index in [9.17, 15) is 4.79 Å². The van der Waals surface area contributed by atoms with E-state index >= 15 is 0 Å². The lowest BCUT2D eigenvalue weighted by molar-refractivity contribution is 0.0940. The molecule has 0 heterocycles. The van der Waals surface area contributed by atoms with Crippen molar-refractivity contribution in [2.45, 2.75) is 25.2 Å². The van der Waals surface area contributed by atoms with Crippen LogP contribution in [0.25, 0.3) is 0 Å². The lowest BCUT2D eigenvalue weighted by atomic mass is 10.0. The van der Waals surface area contributed by atoms with Crippen LogP contribution in [0, 0.1) is 6.92 Å². The zero-order chi connectivity index (χ0) is 14.5. The Morgan fingerprint density at radius 1 is 1.15 bits per heavy atom. The van der Waals surface area contributed by atoms with Crippen molar-refractivity contribution < 1.29 is 4.79 Å². The van der Waals surface area contributed by atoms with E-state index < -0.39 is 0 Å². The van der Waals surface area contributed by atoms with Crippen molar-refractivity contribution in [3.63, 3.8) is 0 Å². The molecule has 0 radical (unpaired) electrons. The molecule has 0 bridgehead atoms. The maximum Gasteiger partial charge on any atom is 0.251 e. The molecule has 20 heavy (non-hydrogen) atoms. The molecule has 2 rings (SSSR count). The minimum absolute atomic E-state index is 0.000415. The summed E-state index contributed by atoms with van der Waals surface area (Å²) in [5.74, 6) is -0.0399. The molecule has 1 N–H and O–H groups in total. The summed E-state index contributed by atoms with van der Waals surface area (Å²) in [6.45, 7) is 4.07. The van der Waals surface area contributed by atoms with Gasteiger partial charge in [0.05, 0.1) is 6.04 Å². The molecule has 0 spiro atoms. The minimum Gasteiger partial charge on any atom is -0.346 e. The third kappa shape index (κ3) is 3.48. The predicted octanol–water partition coefficient (Wildman–Crippen LogP) is 4.38. The Labute approximate surface area is 128 Å². The van der Waals surface area contributed by atoms with Gasteiger partial charge in [0.2, 0.25) is 0 Å². The number of alkyl halides is 1. The zero-order valence-electron chi connectivity index (χ0n) is 11.7. The SMILES string of the molecule is Cc1ccccc1C(C)NC(=O)c1ccc(CBr)cc1. The Bertz CT molecular complexity index is 592. The van der Waals surface area contributed by atoms with E-state index in [0.717, 1.165) is 16.5 Å². The van der Waals surface area contributed by atoms with Gasteiger partial charge in [-0.3, -0.25) is 4.79 Å². The van der Waals surface area contributed by atoms with Crippen LogP contribution in [0.3, 0.4) is 0 Å². The second-order valence-electron chi connectivity index (χ2n) is 4.88. The number of aryl methyl sites for hydroxylation is 1. The molecule has 0 aliphatic heterocycles. The number of rotatable bonds is 4. The number of hydrogen-bond acceptors (Lipinski definition) is 1. The van der Waals surface area contributed by atoms with Crippen molar-refractivity contribution in [3.05, 3.63) is 70.8 Å². The molecule has 3 heteroatoms. The standard InChI is InChI=1S/C17H18BrNO/c1-12-5-3-4-6-16(12)13(2)19-17(20)15-9-7-14(11-18)8-10-15/h3-10,13H,11H2,1-2H3,(H,19,20). The summed E-state index contributed by atoms with van der Waals surface area (Å²) in [5.41, 5.74) is 4.19. The summed E-state index contributed by atoms with van der Waals surface area (Å²) in [7, 11) is 0. The normalized spacial score (nSPS) is 11.9. The Morgan fingerprint density at radius 3 is 2.40 bits per heavy atom. The topological polar surface area (TPSA) is 29.1 Å². The van der Waals surface area contributed by atoms with Gasteiger partial charge in [0.15, 0.2) is 0 Å². The van der Waals surface area contributed by atoms with Crippen molar-refractivity contribution >= 4 is 21.8 Å². The van der Waals surface area contributed by atoms with Gasteiger partial charge in [-0.05, 0) is 42.7 Å². The molecule has 0 fully saturated rings. The maximum atomic E-state index is 12.2. The highest BCUT2D eigenvalue weighted by Crippen LogP contribution is 2.17. The first kappa shape index (κ1) is 14.8. The van der Waals surface area contributed by atoms with Crippen LogP contribution < -0.4 is 5.32 Å². The quantitative estimate of drug-likeness (QED) is 0.827. The molecular formula is C17H18BrNO. The van der Waals surface area contributed by atoms with Crippen molar-refractivity contribution in [2.75, 3.05) is 0 Å². The van der Waals surface area contributed by atoms with Gasteiger partial charge in [-0.25, -0.2) is 0 Å². The summed E-state index contributed by atoms with van der Waals surface area (Å²) >= 11 is 3.40. The highest BCUT2D eigenvalue weighted by Gasteiger charge is 2.12. The first-order valence-electron chi connectivity index (χ1n) is 6.63. The Kier molecular flexibility index (Phi) is 4.96. The Morgan fingerprint density at radius 2 is 1.80 bits per heavy atom. The second kappa shape index (κ2) is 6.71. The van der Waals surface area contributed by atoms with E-state index in [4.69, 9.17) is 0 Å². The number of amides is 1. The summed E-state index contributed by atoms with van der Waals surface area (Å²) in [6, 6.07) is 15.7. The van der Waals surface area contributed by atoms with Gasteiger partial charge < -0.3 is 5.32 Å². The van der Waals surface area contributed by atoms with E-state index in [1.165, 1.54) is 5.56 Å². The molecular weight excluding hydrogens is 314 g/mol. The average Bonchev–Trinajstić information content (AvgIpc) is 2.47. The Hall–Kier alpha value is -1.61. The lowest BCUT2D eigenvalue weighted by Crippen LogP contribution is -2.27. The van der Waals surface area contributed by atoms with E-state index in [1.54, 1.807) is 0 Å². The van der Waals surface area contributed by atoms with Crippen LogP contribution in [-0.4, -0.2) is 5.91 Å². The van der Waals surface area contributed by atoms with Crippen LogP contribution in [-0.2, 0) is 5.33 Å². The number of halogens is 1. The van der Waals surface area contributed by atoms with Gasteiger partial charge in [-0.2, -0.15) is 0 Å². The minimum atomic E-state index is -0.0399. The second-order valence-corrected chi connectivity index (χ2v) is 5.44. The van der Waals surface area contributed by atoms with Gasteiger partial charge in [0, 0.05) is 10.9 Å². The summed E-state index contributed by atoms with van der Waals surface area (Å²) in [5, 5.41) is 3.84. The van der Waals surface area contributed by atoms with E-state index in [-0.39, 0.29) is 11.9 Å². The zero-order valence-corrected chi connectivity index (χ0v) is 13.3. The fourth-order valence-corrected chi connectivity index (χ4v) is 2.55. The number of hydrogen-bond donors (Lipinski definition) is 1. The molecule has 0 saturated heterocycles. The van der Waals surface area contributed by atoms with Gasteiger partial charge in [0.1, 0.15) is 0 Å². The third-order valence-electron chi connectivity index (χ3n) is 3.37. The first-order chi connectivity index (χ1) is 9.61. The molecule has 1 amide bonds. The third-order valence-corrected chi connectivity index (χ3v) is 4.02. The first-order valence-corrected chi connectivity index (χ1v) is 7.75. The summed E-state index contributed by atoms with van der Waals surface area (Å²) in [4.78, 5) is 12.2. The molecule has 0 saturated carbocycles. The predicted molar refractivity (Wildman–Crippen MR) is 86.1 cm³/mol. The fourth-order valence-electron chi connectivity index (χ4n) is 2.18. The van der Waals surface area contributed by atoms with Crippen LogP contribution in [0.15, 0.2) is 48.5 Å². The molecule has 2 nitrogen and oxygen atoms in total.